The quantitative estimate of drug-likeness (QED) is 0.499. The Morgan fingerprint density at radius 2 is 1.60 bits per heavy atom. The minimum atomic E-state index is -3.81. The molecule has 35 heavy (non-hydrogen) atoms. The normalized spacial score (nSPS) is 13.3. The van der Waals surface area contributed by atoms with E-state index in [0.29, 0.717) is 11.3 Å². The Morgan fingerprint density at radius 3 is 2.14 bits per heavy atom. The number of hydrogen-bond donors (Lipinski definition) is 1. The van der Waals surface area contributed by atoms with Crippen LogP contribution in [0, 0.1) is 5.82 Å². The van der Waals surface area contributed by atoms with Gasteiger partial charge in [0.2, 0.25) is 21.8 Å². The zero-order chi connectivity index (χ0) is 26.3. The van der Waals surface area contributed by atoms with Gasteiger partial charge >= 0.3 is 0 Å². The number of anilines is 1. The van der Waals surface area contributed by atoms with Gasteiger partial charge in [-0.3, -0.25) is 13.9 Å². The smallest absolute Gasteiger partial charge is 0.244 e. The molecule has 0 aliphatic rings. The van der Waals surface area contributed by atoms with Crippen LogP contribution in [0.4, 0.5) is 10.1 Å². The first-order valence-corrected chi connectivity index (χ1v) is 13.6. The van der Waals surface area contributed by atoms with E-state index in [1.807, 2.05) is 39.8 Å². The van der Waals surface area contributed by atoms with E-state index in [1.165, 1.54) is 29.2 Å². The molecule has 0 heterocycles. The summed E-state index contributed by atoms with van der Waals surface area (Å²) < 4.78 is 40.1. The van der Waals surface area contributed by atoms with E-state index in [1.54, 1.807) is 19.1 Å². The molecule has 0 fully saturated rings. The van der Waals surface area contributed by atoms with Gasteiger partial charge in [0.05, 0.1) is 11.9 Å². The lowest BCUT2D eigenvalue weighted by atomic mass is 10.0. The SMILES string of the molecule is CC[C@H](C)NC(=O)[C@@H](C)N(Cc1ccc(F)cc1)C(=O)CN(c1ccccc1C(C)C)S(C)(=O)=O. The number of rotatable bonds is 11. The molecule has 192 valence electrons. The van der Waals surface area contributed by atoms with Gasteiger partial charge in [-0.15, -0.1) is 0 Å². The summed E-state index contributed by atoms with van der Waals surface area (Å²) in [6.45, 7) is 8.86. The number of hydrogen-bond acceptors (Lipinski definition) is 4. The molecular weight excluding hydrogens is 469 g/mol. The molecule has 2 rings (SSSR count). The Labute approximate surface area is 208 Å². The van der Waals surface area contributed by atoms with Crippen molar-refractivity contribution in [1.82, 2.24) is 10.2 Å². The highest BCUT2D eigenvalue weighted by Gasteiger charge is 2.31. The Morgan fingerprint density at radius 1 is 1.00 bits per heavy atom. The van der Waals surface area contributed by atoms with Crippen LogP contribution < -0.4 is 9.62 Å². The zero-order valence-electron chi connectivity index (χ0n) is 21.3. The highest BCUT2D eigenvalue weighted by atomic mass is 32.2. The second kappa shape index (κ2) is 12.2. The van der Waals surface area contributed by atoms with Crippen LogP contribution in [0.2, 0.25) is 0 Å². The summed E-state index contributed by atoms with van der Waals surface area (Å²) in [5, 5.41) is 2.87. The van der Waals surface area contributed by atoms with Crippen molar-refractivity contribution in [2.75, 3.05) is 17.1 Å². The Balaban J connectivity index is 2.44. The number of carbonyl (C=O) groups is 2. The first-order chi connectivity index (χ1) is 16.3. The minimum Gasteiger partial charge on any atom is -0.352 e. The molecular formula is C26H36FN3O4S. The first kappa shape index (κ1) is 28.3. The predicted octanol–water partition coefficient (Wildman–Crippen LogP) is 4.05. The molecule has 0 saturated heterocycles. The van der Waals surface area contributed by atoms with E-state index < -0.39 is 34.3 Å². The van der Waals surface area contributed by atoms with Gasteiger partial charge in [0.1, 0.15) is 18.4 Å². The van der Waals surface area contributed by atoms with Gasteiger partial charge in [0.15, 0.2) is 0 Å². The van der Waals surface area contributed by atoms with Crippen LogP contribution in [0.3, 0.4) is 0 Å². The fourth-order valence-corrected chi connectivity index (χ4v) is 4.50. The number of carbonyl (C=O) groups excluding carboxylic acids is 2. The standard InChI is InChI=1S/C26H36FN3O4S/c1-7-19(4)28-26(32)20(5)29(16-21-12-14-22(27)15-13-21)25(31)17-30(35(6,33)34)24-11-9-8-10-23(24)18(2)3/h8-15,18-20H,7,16-17H2,1-6H3,(H,28,32)/t19-,20+/m0/s1. The molecule has 2 atom stereocenters. The molecule has 0 spiro atoms. The summed E-state index contributed by atoms with van der Waals surface area (Å²) in [5.41, 5.74) is 1.84. The number of para-hydroxylation sites is 1. The molecule has 2 amide bonds. The summed E-state index contributed by atoms with van der Waals surface area (Å²) in [7, 11) is -3.81. The Kier molecular flexibility index (Phi) is 9.82. The second-order valence-corrected chi connectivity index (χ2v) is 11.0. The van der Waals surface area contributed by atoms with E-state index in [2.05, 4.69) is 5.32 Å². The van der Waals surface area contributed by atoms with Crippen molar-refractivity contribution >= 4 is 27.5 Å². The van der Waals surface area contributed by atoms with E-state index >= 15 is 0 Å². The highest BCUT2D eigenvalue weighted by molar-refractivity contribution is 7.92. The maximum absolute atomic E-state index is 13.6. The molecule has 7 nitrogen and oxygen atoms in total. The van der Waals surface area contributed by atoms with Crippen molar-refractivity contribution in [2.24, 2.45) is 0 Å². The average Bonchev–Trinajstić information content (AvgIpc) is 2.80. The number of halogens is 1. The molecule has 0 aliphatic heterocycles. The van der Waals surface area contributed by atoms with Gasteiger partial charge in [-0.05, 0) is 55.5 Å². The molecule has 0 aromatic heterocycles. The molecule has 2 aromatic carbocycles. The van der Waals surface area contributed by atoms with Crippen LogP contribution in [0.25, 0.3) is 0 Å². The summed E-state index contributed by atoms with van der Waals surface area (Å²) in [6, 6.07) is 11.7. The number of nitrogens with zero attached hydrogens (tertiary/aromatic N) is 2. The number of nitrogens with one attached hydrogen (secondary N) is 1. The zero-order valence-corrected chi connectivity index (χ0v) is 22.1. The lowest BCUT2D eigenvalue weighted by Crippen LogP contribution is -2.52. The fourth-order valence-electron chi connectivity index (χ4n) is 3.63. The van der Waals surface area contributed by atoms with Crippen LogP contribution >= 0.6 is 0 Å². The topological polar surface area (TPSA) is 86.8 Å². The van der Waals surface area contributed by atoms with Crippen molar-refractivity contribution in [1.29, 1.82) is 0 Å². The summed E-state index contributed by atoms with van der Waals surface area (Å²) in [6.07, 6.45) is 1.78. The van der Waals surface area contributed by atoms with E-state index in [-0.39, 0.29) is 24.4 Å². The summed E-state index contributed by atoms with van der Waals surface area (Å²) >= 11 is 0. The van der Waals surface area contributed by atoms with Crippen LogP contribution in [-0.2, 0) is 26.2 Å². The fraction of sp³-hybridized carbons (Fsp3) is 0.462. The van der Waals surface area contributed by atoms with Gasteiger partial charge in [-0.2, -0.15) is 0 Å². The van der Waals surface area contributed by atoms with Crippen molar-refractivity contribution < 1.29 is 22.4 Å². The van der Waals surface area contributed by atoms with Crippen molar-refractivity contribution in [3.05, 3.63) is 65.5 Å². The Hall–Kier alpha value is -2.94. The van der Waals surface area contributed by atoms with Crippen molar-refractivity contribution in [2.45, 2.75) is 65.6 Å². The van der Waals surface area contributed by atoms with Gasteiger partial charge in [-0.1, -0.05) is 51.1 Å². The molecule has 0 aliphatic carbocycles. The molecule has 1 N–H and O–H groups in total. The molecule has 0 bridgehead atoms. The van der Waals surface area contributed by atoms with Crippen LogP contribution in [-0.4, -0.2) is 50.0 Å². The van der Waals surface area contributed by atoms with Crippen molar-refractivity contribution in [3.63, 3.8) is 0 Å². The second-order valence-electron chi connectivity index (χ2n) is 9.13. The molecule has 0 saturated carbocycles. The van der Waals surface area contributed by atoms with E-state index in [4.69, 9.17) is 0 Å². The lowest BCUT2D eigenvalue weighted by Gasteiger charge is -2.32. The van der Waals surface area contributed by atoms with Crippen LogP contribution in [0.5, 0.6) is 0 Å². The third-order valence-corrected chi connectivity index (χ3v) is 7.07. The average molecular weight is 506 g/mol. The third-order valence-electron chi connectivity index (χ3n) is 5.94. The number of benzene rings is 2. The molecule has 9 heteroatoms. The maximum Gasteiger partial charge on any atom is 0.244 e. The number of sulfonamides is 1. The first-order valence-electron chi connectivity index (χ1n) is 11.8. The molecule has 2 aromatic rings. The van der Waals surface area contributed by atoms with Crippen molar-refractivity contribution in [3.8, 4) is 0 Å². The van der Waals surface area contributed by atoms with Gasteiger partial charge < -0.3 is 10.2 Å². The predicted molar refractivity (Wildman–Crippen MR) is 137 cm³/mol. The summed E-state index contributed by atoms with van der Waals surface area (Å²) in [5.74, 6) is -1.27. The molecule has 0 unspecified atom stereocenters. The third kappa shape index (κ3) is 7.78. The number of amides is 2. The molecule has 0 radical (unpaired) electrons. The van der Waals surface area contributed by atoms with E-state index in [9.17, 15) is 22.4 Å². The van der Waals surface area contributed by atoms with Gasteiger partial charge in [0, 0.05) is 12.6 Å². The minimum absolute atomic E-state index is 0.0254. The van der Waals surface area contributed by atoms with Crippen LogP contribution in [0.15, 0.2) is 48.5 Å². The monoisotopic (exact) mass is 505 g/mol. The highest BCUT2D eigenvalue weighted by Crippen LogP contribution is 2.29. The van der Waals surface area contributed by atoms with Gasteiger partial charge in [0.25, 0.3) is 0 Å². The van der Waals surface area contributed by atoms with Gasteiger partial charge in [-0.25, -0.2) is 12.8 Å². The maximum atomic E-state index is 13.6. The summed E-state index contributed by atoms with van der Waals surface area (Å²) in [4.78, 5) is 27.8. The van der Waals surface area contributed by atoms with E-state index in [0.717, 1.165) is 22.5 Å². The van der Waals surface area contributed by atoms with Crippen LogP contribution in [0.1, 0.15) is 58.1 Å². The largest absolute Gasteiger partial charge is 0.352 e. The lowest BCUT2D eigenvalue weighted by molar-refractivity contribution is -0.139. The Bertz CT molecular complexity index is 1120.